The molecule has 0 aromatic carbocycles. The van der Waals surface area contributed by atoms with Gasteiger partial charge in [-0.25, -0.2) is 9.78 Å². The molecule has 2 atom stereocenters. The van der Waals surface area contributed by atoms with Crippen molar-refractivity contribution in [3.8, 4) is 0 Å². The summed E-state index contributed by atoms with van der Waals surface area (Å²) in [6.07, 6.45) is -3.09. The zero-order chi connectivity index (χ0) is 22.1. The Hall–Kier alpha value is -3.04. The summed E-state index contributed by atoms with van der Waals surface area (Å²) in [6.45, 7) is 4.80. The van der Waals surface area contributed by atoms with Gasteiger partial charge in [0.2, 0.25) is 5.91 Å². The summed E-state index contributed by atoms with van der Waals surface area (Å²) in [6, 6.07) is 4.20. The average molecular weight is 425 g/mol. The third-order valence-corrected chi connectivity index (χ3v) is 4.47. The summed E-state index contributed by atoms with van der Waals surface area (Å²) in [5.74, 6) is -3.84. The number of rotatable bonds is 4. The second kappa shape index (κ2) is 8.00. The van der Waals surface area contributed by atoms with Gasteiger partial charge in [0.1, 0.15) is 23.2 Å². The van der Waals surface area contributed by atoms with Gasteiger partial charge in [0.15, 0.2) is 5.92 Å². The van der Waals surface area contributed by atoms with Crippen molar-refractivity contribution in [1.82, 2.24) is 10.3 Å². The molecule has 0 saturated heterocycles. The number of pyridine rings is 1. The molecule has 1 N–H and O–H groups in total. The average Bonchev–Trinajstić information content (AvgIpc) is 3.28. The Bertz CT molecular complexity index is 907. The highest BCUT2D eigenvalue weighted by Crippen LogP contribution is 2.40. The van der Waals surface area contributed by atoms with E-state index in [1.807, 2.05) is 0 Å². The zero-order valence-electron chi connectivity index (χ0n) is 16.7. The lowest BCUT2D eigenvalue weighted by Crippen LogP contribution is -2.50. The highest BCUT2D eigenvalue weighted by Gasteiger charge is 2.54. The molecule has 7 nitrogen and oxygen atoms in total. The molecule has 0 spiro atoms. The Balaban J connectivity index is 1.96. The van der Waals surface area contributed by atoms with E-state index in [1.54, 1.807) is 32.9 Å². The van der Waals surface area contributed by atoms with E-state index in [0.29, 0.717) is 12.0 Å². The van der Waals surface area contributed by atoms with E-state index in [9.17, 15) is 22.8 Å². The summed E-state index contributed by atoms with van der Waals surface area (Å²) < 4.78 is 52.6. The molecule has 3 heterocycles. The first kappa shape index (κ1) is 21.7. The van der Waals surface area contributed by atoms with Crippen LogP contribution < -0.4 is 10.2 Å². The molecule has 0 radical (unpaired) electrons. The third kappa shape index (κ3) is 4.74. The van der Waals surface area contributed by atoms with Gasteiger partial charge in [-0.05, 0) is 51.0 Å². The predicted molar refractivity (Wildman–Crippen MR) is 101 cm³/mol. The normalized spacial score (nSPS) is 16.0. The number of nitrogens with one attached hydrogen (secondary N) is 1. The number of carbonyl (C=O) groups excluding carboxylic acids is 2. The number of alkyl halides is 3. The zero-order valence-corrected chi connectivity index (χ0v) is 16.7. The smallest absolute Gasteiger partial charge is 0.408 e. The number of anilines is 1. The number of hydrogen-bond donors (Lipinski definition) is 1. The number of alkyl carbamates (subject to hydrolysis) is 1. The fourth-order valence-corrected chi connectivity index (χ4v) is 3.28. The third-order valence-electron chi connectivity index (χ3n) is 4.47. The standard InChI is InChI=1S/C20H22F3N3O4/c1-19(2,3)30-18(28)25-15(13-7-5-11-29-13)14(20(21,22)23)17(27)26-10-8-12-6-4-9-24-16(12)26/h4-7,9,11,14-15H,8,10H2,1-3H3,(H,25,28)/t14-,15+/m0/s1. The van der Waals surface area contributed by atoms with Gasteiger partial charge in [0, 0.05) is 12.7 Å². The molecule has 0 bridgehead atoms. The summed E-state index contributed by atoms with van der Waals surface area (Å²) in [5, 5.41) is 2.17. The molecule has 0 fully saturated rings. The molecule has 2 amide bonds. The van der Waals surface area contributed by atoms with Crippen molar-refractivity contribution in [3.05, 3.63) is 48.0 Å². The van der Waals surface area contributed by atoms with Crippen LogP contribution in [-0.2, 0) is 16.0 Å². The Labute approximate surface area is 171 Å². The van der Waals surface area contributed by atoms with Gasteiger partial charge in [0.25, 0.3) is 0 Å². The molecular weight excluding hydrogens is 403 g/mol. The fraction of sp³-hybridized carbons (Fsp3) is 0.450. The predicted octanol–water partition coefficient (Wildman–Crippen LogP) is 4.01. The first-order valence-electron chi connectivity index (χ1n) is 9.32. The molecule has 30 heavy (non-hydrogen) atoms. The van der Waals surface area contributed by atoms with Crippen LogP contribution in [0.1, 0.15) is 38.1 Å². The van der Waals surface area contributed by atoms with Gasteiger partial charge in [-0.2, -0.15) is 13.2 Å². The van der Waals surface area contributed by atoms with Crippen molar-refractivity contribution >= 4 is 17.8 Å². The van der Waals surface area contributed by atoms with E-state index in [2.05, 4.69) is 10.3 Å². The maximum atomic E-state index is 14.1. The van der Waals surface area contributed by atoms with Crippen LogP contribution in [-0.4, -0.2) is 35.3 Å². The first-order valence-corrected chi connectivity index (χ1v) is 9.32. The number of carbonyl (C=O) groups is 2. The van der Waals surface area contributed by atoms with Crippen LogP contribution in [0.4, 0.5) is 23.8 Å². The van der Waals surface area contributed by atoms with Gasteiger partial charge in [-0.3, -0.25) is 9.69 Å². The number of furan rings is 1. The van der Waals surface area contributed by atoms with Crippen LogP contribution >= 0.6 is 0 Å². The molecule has 3 rings (SSSR count). The van der Waals surface area contributed by atoms with E-state index < -0.39 is 35.7 Å². The van der Waals surface area contributed by atoms with Crippen molar-refractivity contribution in [2.24, 2.45) is 5.92 Å². The van der Waals surface area contributed by atoms with Crippen molar-refractivity contribution in [2.75, 3.05) is 11.4 Å². The van der Waals surface area contributed by atoms with Crippen molar-refractivity contribution in [3.63, 3.8) is 0 Å². The van der Waals surface area contributed by atoms with Gasteiger partial charge in [-0.15, -0.1) is 0 Å². The Morgan fingerprint density at radius 2 is 1.97 bits per heavy atom. The van der Waals surface area contributed by atoms with Gasteiger partial charge < -0.3 is 14.5 Å². The van der Waals surface area contributed by atoms with E-state index in [-0.39, 0.29) is 18.1 Å². The second-order valence-electron chi connectivity index (χ2n) is 7.88. The first-order chi connectivity index (χ1) is 14.0. The highest BCUT2D eigenvalue weighted by molar-refractivity contribution is 5.97. The van der Waals surface area contributed by atoms with Crippen LogP contribution in [0.3, 0.4) is 0 Å². The Kier molecular flexibility index (Phi) is 5.78. The lowest BCUT2D eigenvalue weighted by molar-refractivity contribution is -0.188. The van der Waals surface area contributed by atoms with E-state index in [0.717, 1.165) is 4.90 Å². The minimum absolute atomic E-state index is 0.0646. The summed E-state index contributed by atoms with van der Waals surface area (Å²) >= 11 is 0. The van der Waals surface area contributed by atoms with Gasteiger partial charge in [-0.1, -0.05) is 6.07 Å². The quantitative estimate of drug-likeness (QED) is 0.800. The van der Waals surface area contributed by atoms with Crippen LogP contribution in [0, 0.1) is 5.92 Å². The van der Waals surface area contributed by atoms with Gasteiger partial charge in [0.05, 0.1) is 6.26 Å². The lowest BCUT2D eigenvalue weighted by atomic mass is 9.95. The monoisotopic (exact) mass is 425 g/mol. The Morgan fingerprint density at radius 1 is 1.23 bits per heavy atom. The fourth-order valence-electron chi connectivity index (χ4n) is 3.28. The number of amides is 2. The minimum atomic E-state index is -4.97. The molecule has 0 saturated carbocycles. The SMILES string of the molecule is CC(C)(C)OC(=O)N[C@H](c1ccco1)[C@@H](C(=O)N1CCc2cccnc21)C(F)(F)F. The molecule has 2 aromatic heterocycles. The number of hydrogen-bond acceptors (Lipinski definition) is 5. The minimum Gasteiger partial charge on any atom is -0.467 e. The van der Waals surface area contributed by atoms with Crippen LogP contribution in [0.15, 0.2) is 41.1 Å². The van der Waals surface area contributed by atoms with E-state index >= 15 is 0 Å². The summed E-state index contributed by atoms with van der Waals surface area (Å²) in [7, 11) is 0. The highest BCUT2D eigenvalue weighted by atomic mass is 19.4. The molecule has 1 aliphatic heterocycles. The van der Waals surface area contributed by atoms with Gasteiger partial charge >= 0.3 is 12.3 Å². The largest absolute Gasteiger partial charge is 0.467 e. The molecule has 162 valence electrons. The summed E-state index contributed by atoms with van der Waals surface area (Å²) in [4.78, 5) is 30.4. The van der Waals surface area contributed by atoms with Crippen molar-refractivity contribution < 1.29 is 31.9 Å². The number of halogens is 3. The summed E-state index contributed by atoms with van der Waals surface area (Å²) in [5.41, 5.74) is -0.255. The van der Waals surface area contributed by atoms with Crippen LogP contribution in [0.25, 0.3) is 0 Å². The molecular formula is C20H22F3N3O4. The molecule has 0 unspecified atom stereocenters. The van der Waals surface area contributed by atoms with Crippen molar-refractivity contribution in [2.45, 2.75) is 45.0 Å². The molecule has 2 aromatic rings. The maximum absolute atomic E-state index is 14.1. The second-order valence-corrected chi connectivity index (χ2v) is 7.88. The number of nitrogens with zero attached hydrogens (tertiary/aromatic N) is 2. The van der Waals surface area contributed by atoms with Crippen LogP contribution in [0.5, 0.6) is 0 Å². The number of aromatic nitrogens is 1. The van der Waals surface area contributed by atoms with E-state index in [1.165, 1.54) is 24.6 Å². The molecule has 0 aliphatic carbocycles. The lowest BCUT2D eigenvalue weighted by Gasteiger charge is -2.31. The maximum Gasteiger partial charge on any atom is 0.408 e. The number of ether oxygens (including phenoxy) is 1. The Morgan fingerprint density at radius 3 is 2.57 bits per heavy atom. The molecule has 1 aliphatic rings. The number of fused-ring (bicyclic) bond motifs is 1. The van der Waals surface area contributed by atoms with Crippen molar-refractivity contribution in [1.29, 1.82) is 0 Å². The topological polar surface area (TPSA) is 84.7 Å². The molecule has 10 heteroatoms. The van der Waals surface area contributed by atoms with Crippen LogP contribution in [0.2, 0.25) is 0 Å². The van der Waals surface area contributed by atoms with E-state index in [4.69, 9.17) is 9.15 Å².